The summed E-state index contributed by atoms with van der Waals surface area (Å²) in [7, 11) is 1.82. The number of aliphatic hydroxyl groups is 1. The van der Waals surface area contributed by atoms with Crippen molar-refractivity contribution in [3.63, 3.8) is 0 Å². The van der Waals surface area contributed by atoms with Gasteiger partial charge in [-0.3, -0.25) is 19.2 Å². The molecule has 0 bridgehead atoms. The van der Waals surface area contributed by atoms with E-state index >= 15 is 0 Å². The van der Waals surface area contributed by atoms with Crippen molar-refractivity contribution in [3.8, 4) is 0 Å². The van der Waals surface area contributed by atoms with Gasteiger partial charge < -0.3 is 15.3 Å². The van der Waals surface area contributed by atoms with E-state index in [9.17, 15) is 14.7 Å². The molecule has 2 N–H and O–H groups in total. The number of aromatic nitrogens is 2. The molecule has 1 aromatic rings. The van der Waals surface area contributed by atoms with Crippen LogP contribution in [0.1, 0.15) is 31.9 Å². The van der Waals surface area contributed by atoms with Gasteiger partial charge in [0, 0.05) is 44.7 Å². The number of piperidine rings is 2. The van der Waals surface area contributed by atoms with Gasteiger partial charge in [0.15, 0.2) is 0 Å². The van der Waals surface area contributed by atoms with Crippen LogP contribution in [-0.4, -0.2) is 75.3 Å². The van der Waals surface area contributed by atoms with Crippen LogP contribution in [0.5, 0.6) is 0 Å². The molecule has 2 aliphatic rings. The number of nitrogens with one attached hydrogen (secondary N) is 1. The average Bonchev–Trinajstić information content (AvgIpc) is 2.91. The number of fused-ring (bicyclic) bond motifs is 1. The normalized spacial score (nSPS) is 26.5. The van der Waals surface area contributed by atoms with Crippen molar-refractivity contribution in [3.05, 3.63) is 11.9 Å². The summed E-state index contributed by atoms with van der Waals surface area (Å²) in [5.74, 6) is -0.0349. The molecule has 3 rings (SSSR count). The van der Waals surface area contributed by atoms with Gasteiger partial charge in [-0.1, -0.05) is 0 Å². The van der Waals surface area contributed by atoms with Crippen LogP contribution in [0.3, 0.4) is 0 Å². The lowest BCUT2D eigenvalue weighted by atomic mass is 9.69. The second-order valence-electron chi connectivity index (χ2n) is 7.68. The zero-order valence-electron chi connectivity index (χ0n) is 15.9. The van der Waals surface area contributed by atoms with Crippen LogP contribution in [0, 0.1) is 12.3 Å². The number of likely N-dealkylation sites (tertiary alicyclic amines) is 2. The third-order valence-electron chi connectivity index (χ3n) is 5.94. The molecule has 0 spiro atoms. The van der Waals surface area contributed by atoms with Gasteiger partial charge in [0.1, 0.15) is 0 Å². The van der Waals surface area contributed by atoms with Crippen LogP contribution >= 0.6 is 0 Å². The van der Waals surface area contributed by atoms with Crippen molar-refractivity contribution in [1.82, 2.24) is 19.6 Å². The number of carbonyl (C=O) groups is 2. The van der Waals surface area contributed by atoms with Crippen LogP contribution in [0.2, 0.25) is 0 Å². The molecule has 2 fully saturated rings. The van der Waals surface area contributed by atoms with Crippen molar-refractivity contribution in [2.45, 2.75) is 39.2 Å². The fraction of sp³-hybridized carbons (Fsp3) is 0.722. The predicted octanol–water partition coefficient (Wildman–Crippen LogP) is 0.362. The van der Waals surface area contributed by atoms with Crippen LogP contribution in [0.4, 0.5) is 5.69 Å². The Balaban J connectivity index is 1.72. The summed E-state index contributed by atoms with van der Waals surface area (Å²) in [5, 5.41) is 17.3. The van der Waals surface area contributed by atoms with E-state index in [1.165, 1.54) is 0 Å². The van der Waals surface area contributed by atoms with Crippen molar-refractivity contribution in [1.29, 1.82) is 0 Å². The number of amides is 2. The maximum Gasteiger partial charge on any atom is 0.238 e. The number of aryl methyl sites for hydroxylation is 2. The first-order valence-electron chi connectivity index (χ1n) is 9.25. The highest BCUT2D eigenvalue weighted by Gasteiger charge is 2.48. The molecule has 0 aromatic carbocycles. The molecule has 1 aromatic heterocycles. The zero-order chi connectivity index (χ0) is 18.9. The van der Waals surface area contributed by atoms with Crippen LogP contribution in [-0.2, 0) is 16.6 Å². The number of aliphatic hydroxyl groups excluding tert-OH is 1. The Morgan fingerprint density at radius 2 is 2.15 bits per heavy atom. The van der Waals surface area contributed by atoms with Crippen molar-refractivity contribution in [2.75, 3.05) is 38.1 Å². The topological polar surface area (TPSA) is 90.7 Å². The molecule has 3 heterocycles. The molecule has 2 aliphatic heterocycles. The van der Waals surface area contributed by atoms with Gasteiger partial charge in [0.25, 0.3) is 0 Å². The highest BCUT2D eigenvalue weighted by Crippen LogP contribution is 2.42. The van der Waals surface area contributed by atoms with Gasteiger partial charge in [-0.2, -0.15) is 5.10 Å². The van der Waals surface area contributed by atoms with Crippen LogP contribution in [0.15, 0.2) is 6.20 Å². The lowest BCUT2D eigenvalue weighted by Gasteiger charge is -2.54. The van der Waals surface area contributed by atoms with E-state index in [1.54, 1.807) is 17.8 Å². The molecule has 8 nitrogen and oxygen atoms in total. The summed E-state index contributed by atoms with van der Waals surface area (Å²) >= 11 is 0. The summed E-state index contributed by atoms with van der Waals surface area (Å²) in [6.45, 7) is 5.86. The van der Waals surface area contributed by atoms with Gasteiger partial charge in [0.2, 0.25) is 11.8 Å². The molecule has 2 amide bonds. The molecule has 144 valence electrons. The first-order chi connectivity index (χ1) is 12.3. The van der Waals surface area contributed by atoms with Crippen LogP contribution < -0.4 is 5.32 Å². The van der Waals surface area contributed by atoms with Crippen molar-refractivity contribution >= 4 is 17.5 Å². The Kier molecular flexibility index (Phi) is 5.34. The Bertz CT molecular complexity index is 688. The molecule has 0 aliphatic carbocycles. The molecule has 2 atom stereocenters. The fourth-order valence-corrected chi connectivity index (χ4v) is 4.44. The minimum absolute atomic E-state index is 0.0136. The standard InChI is InChI=1S/C18H29N5O3/c1-13-15(9-21(3)20-13)19-17(26)11-23-7-4-5-18(12-24)6-8-22(14(2)25)10-16(18)23/h9,16,24H,4-8,10-12H2,1-3H3,(H,19,26)/t16-,18-/m1/s1. The molecule has 0 radical (unpaired) electrons. The largest absolute Gasteiger partial charge is 0.396 e. The average molecular weight is 363 g/mol. The van der Waals surface area contributed by atoms with Crippen molar-refractivity contribution < 1.29 is 14.7 Å². The number of hydrogen-bond acceptors (Lipinski definition) is 5. The van der Waals surface area contributed by atoms with Gasteiger partial charge in [-0.25, -0.2) is 0 Å². The van der Waals surface area contributed by atoms with Crippen LogP contribution in [0.25, 0.3) is 0 Å². The van der Waals surface area contributed by atoms with Gasteiger partial charge in [0.05, 0.1) is 24.5 Å². The molecular formula is C18H29N5O3. The first-order valence-corrected chi connectivity index (χ1v) is 9.25. The van der Waals surface area contributed by atoms with E-state index in [4.69, 9.17) is 0 Å². The predicted molar refractivity (Wildman–Crippen MR) is 97.6 cm³/mol. The van der Waals surface area contributed by atoms with E-state index in [0.717, 1.165) is 37.2 Å². The third-order valence-corrected chi connectivity index (χ3v) is 5.94. The minimum Gasteiger partial charge on any atom is -0.396 e. The molecule has 0 unspecified atom stereocenters. The fourth-order valence-electron chi connectivity index (χ4n) is 4.44. The maximum absolute atomic E-state index is 12.6. The number of rotatable bonds is 4. The number of nitrogens with zero attached hydrogens (tertiary/aromatic N) is 4. The lowest BCUT2D eigenvalue weighted by molar-refractivity contribution is -0.139. The van der Waals surface area contributed by atoms with E-state index < -0.39 is 0 Å². The first kappa shape index (κ1) is 18.8. The van der Waals surface area contributed by atoms with Gasteiger partial charge in [-0.15, -0.1) is 0 Å². The summed E-state index contributed by atoms with van der Waals surface area (Å²) in [5.41, 5.74) is 1.29. The van der Waals surface area contributed by atoms with Gasteiger partial charge >= 0.3 is 0 Å². The monoisotopic (exact) mass is 363 g/mol. The number of anilines is 1. The molecule has 2 saturated heterocycles. The molecule has 0 saturated carbocycles. The summed E-state index contributed by atoms with van der Waals surface area (Å²) in [4.78, 5) is 28.4. The van der Waals surface area contributed by atoms with E-state index in [2.05, 4.69) is 15.3 Å². The van der Waals surface area contributed by atoms with Gasteiger partial charge in [-0.05, 0) is 32.7 Å². The molecule has 8 heteroatoms. The zero-order valence-corrected chi connectivity index (χ0v) is 15.9. The second kappa shape index (κ2) is 7.36. The Morgan fingerprint density at radius 3 is 2.77 bits per heavy atom. The number of carbonyl (C=O) groups excluding carboxylic acids is 2. The maximum atomic E-state index is 12.6. The van der Waals surface area contributed by atoms with E-state index in [1.807, 2.05) is 18.9 Å². The third kappa shape index (κ3) is 3.61. The summed E-state index contributed by atoms with van der Waals surface area (Å²) < 4.78 is 1.68. The Morgan fingerprint density at radius 1 is 1.38 bits per heavy atom. The molecule has 26 heavy (non-hydrogen) atoms. The number of hydrogen-bond donors (Lipinski definition) is 2. The summed E-state index contributed by atoms with van der Waals surface area (Å²) in [6.07, 6.45) is 4.48. The lowest BCUT2D eigenvalue weighted by Crippen LogP contribution is -2.64. The summed E-state index contributed by atoms with van der Waals surface area (Å²) in [6, 6.07) is 0.0136. The quantitative estimate of drug-likeness (QED) is 0.806. The minimum atomic E-state index is -0.214. The SMILES string of the molecule is CC(=O)N1CC[C@@]2(CO)CCCN(CC(=O)Nc3cn(C)nc3C)[C@@H]2C1. The highest BCUT2D eigenvalue weighted by molar-refractivity contribution is 5.92. The van der Waals surface area contributed by atoms with Crippen molar-refractivity contribution in [2.24, 2.45) is 12.5 Å². The Labute approximate surface area is 154 Å². The van der Waals surface area contributed by atoms with E-state index in [0.29, 0.717) is 13.1 Å². The molecular weight excluding hydrogens is 334 g/mol. The van der Waals surface area contributed by atoms with E-state index in [-0.39, 0.29) is 36.4 Å². The smallest absolute Gasteiger partial charge is 0.238 e. The highest BCUT2D eigenvalue weighted by atomic mass is 16.3. The Hall–Kier alpha value is -1.93. The second-order valence-corrected chi connectivity index (χ2v) is 7.68.